The summed E-state index contributed by atoms with van der Waals surface area (Å²) < 4.78 is 11.2. The minimum Gasteiger partial charge on any atom is -0.508 e. The quantitative estimate of drug-likeness (QED) is 0.925. The Morgan fingerprint density at radius 3 is 2.95 bits per heavy atom. The first-order valence-corrected chi connectivity index (χ1v) is 7.83. The standard InChI is InChI=1S/C17H23NO4/c1-21-9-6-13-10-17(22-11-13)7-8-18(12-17)16(20)14-2-4-15(19)5-3-14/h2-5,13,19H,6-12H2,1H3. The van der Waals surface area contributed by atoms with Crippen LogP contribution in [0.5, 0.6) is 5.75 Å². The third kappa shape index (κ3) is 3.10. The van der Waals surface area contributed by atoms with E-state index in [-0.39, 0.29) is 17.3 Å². The lowest BCUT2D eigenvalue weighted by Gasteiger charge is -2.23. The van der Waals surface area contributed by atoms with Crippen molar-refractivity contribution in [2.45, 2.75) is 24.9 Å². The molecule has 2 fully saturated rings. The Kier molecular flexibility index (Phi) is 4.36. The molecule has 0 aromatic heterocycles. The third-order valence-corrected chi connectivity index (χ3v) is 4.73. The smallest absolute Gasteiger partial charge is 0.253 e. The highest BCUT2D eigenvalue weighted by Gasteiger charge is 2.46. The van der Waals surface area contributed by atoms with Crippen LogP contribution in [0.1, 0.15) is 29.6 Å². The summed E-state index contributed by atoms with van der Waals surface area (Å²) in [6.45, 7) is 2.93. The van der Waals surface area contributed by atoms with Gasteiger partial charge in [-0.2, -0.15) is 0 Å². The fraction of sp³-hybridized carbons (Fsp3) is 0.588. The molecule has 2 unspecified atom stereocenters. The number of phenols is 1. The van der Waals surface area contributed by atoms with Crippen molar-refractivity contribution in [3.63, 3.8) is 0 Å². The Balaban J connectivity index is 1.60. The largest absolute Gasteiger partial charge is 0.508 e. The Morgan fingerprint density at radius 1 is 1.45 bits per heavy atom. The van der Waals surface area contributed by atoms with Crippen LogP contribution >= 0.6 is 0 Å². The lowest BCUT2D eigenvalue weighted by atomic mass is 9.92. The van der Waals surface area contributed by atoms with Crippen molar-refractivity contribution in [2.24, 2.45) is 5.92 Å². The Morgan fingerprint density at radius 2 is 2.23 bits per heavy atom. The van der Waals surface area contributed by atoms with Gasteiger partial charge in [0.05, 0.1) is 18.8 Å². The summed E-state index contributed by atoms with van der Waals surface area (Å²) in [6, 6.07) is 6.43. The summed E-state index contributed by atoms with van der Waals surface area (Å²) >= 11 is 0. The summed E-state index contributed by atoms with van der Waals surface area (Å²) in [6.07, 6.45) is 2.93. The van der Waals surface area contributed by atoms with Crippen LogP contribution < -0.4 is 0 Å². The fourth-order valence-electron chi connectivity index (χ4n) is 3.50. The van der Waals surface area contributed by atoms with Crippen molar-refractivity contribution in [3.8, 4) is 5.75 Å². The van der Waals surface area contributed by atoms with Gasteiger partial charge in [-0.25, -0.2) is 0 Å². The summed E-state index contributed by atoms with van der Waals surface area (Å²) in [5, 5.41) is 9.32. The van der Waals surface area contributed by atoms with E-state index < -0.39 is 0 Å². The van der Waals surface area contributed by atoms with Crippen LogP contribution in [0.25, 0.3) is 0 Å². The monoisotopic (exact) mass is 305 g/mol. The maximum Gasteiger partial charge on any atom is 0.253 e. The van der Waals surface area contributed by atoms with Crippen molar-refractivity contribution in [1.29, 1.82) is 0 Å². The zero-order valence-electron chi connectivity index (χ0n) is 13.0. The number of nitrogens with zero attached hydrogens (tertiary/aromatic N) is 1. The number of rotatable bonds is 4. The number of aromatic hydroxyl groups is 1. The van der Waals surface area contributed by atoms with Crippen LogP contribution in [-0.4, -0.2) is 54.9 Å². The van der Waals surface area contributed by atoms with Crippen LogP contribution in [0.2, 0.25) is 0 Å². The predicted molar refractivity (Wildman–Crippen MR) is 81.9 cm³/mol. The van der Waals surface area contributed by atoms with E-state index in [1.165, 1.54) is 0 Å². The molecular formula is C17H23NO4. The van der Waals surface area contributed by atoms with Crippen LogP contribution in [0.4, 0.5) is 0 Å². The van der Waals surface area contributed by atoms with Gasteiger partial charge in [-0.1, -0.05) is 0 Å². The molecule has 1 amide bonds. The zero-order chi connectivity index (χ0) is 15.6. The molecule has 5 nitrogen and oxygen atoms in total. The lowest BCUT2D eigenvalue weighted by Crippen LogP contribution is -2.35. The summed E-state index contributed by atoms with van der Waals surface area (Å²) in [4.78, 5) is 14.4. The molecule has 3 rings (SSSR count). The molecule has 2 atom stereocenters. The molecule has 2 aliphatic heterocycles. The van der Waals surface area contributed by atoms with E-state index in [9.17, 15) is 9.90 Å². The van der Waals surface area contributed by atoms with Crippen molar-refractivity contribution in [3.05, 3.63) is 29.8 Å². The Hall–Kier alpha value is -1.59. The van der Waals surface area contributed by atoms with E-state index in [1.807, 2.05) is 4.90 Å². The molecule has 0 aliphatic carbocycles. The predicted octanol–water partition coefficient (Wildman–Crippen LogP) is 2.05. The van der Waals surface area contributed by atoms with Gasteiger partial charge in [-0.3, -0.25) is 4.79 Å². The average Bonchev–Trinajstić information content (AvgIpc) is 3.13. The highest BCUT2D eigenvalue weighted by molar-refractivity contribution is 5.94. The average molecular weight is 305 g/mol. The molecule has 0 bridgehead atoms. The zero-order valence-corrected chi connectivity index (χ0v) is 13.0. The maximum atomic E-state index is 12.5. The van der Waals surface area contributed by atoms with Gasteiger partial charge in [-0.05, 0) is 49.4 Å². The minimum atomic E-state index is -0.162. The maximum absolute atomic E-state index is 12.5. The molecule has 0 radical (unpaired) electrons. The van der Waals surface area contributed by atoms with Gasteiger partial charge in [0.1, 0.15) is 5.75 Å². The van der Waals surface area contributed by atoms with Gasteiger partial charge in [-0.15, -0.1) is 0 Å². The number of hydrogen-bond acceptors (Lipinski definition) is 4. The molecule has 22 heavy (non-hydrogen) atoms. The van der Waals surface area contributed by atoms with E-state index in [4.69, 9.17) is 9.47 Å². The first kappa shape index (κ1) is 15.3. The van der Waals surface area contributed by atoms with E-state index in [0.29, 0.717) is 18.0 Å². The van der Waals surface area contributed by atoms with E-state index in [0.717, 1.165) is 39.0 Å². The normalized spacial score (nSPS) is 27.7. The SMILES string of the molecule is COCCC1COC2(CCN(C(=O)c3ccc(O)cc3)C2)C1. The second kappa shape index (κ2) is 6.26. The molecule has 120 valence electrons. The van der Waals surface area contributed by atoms with Crippen LogP contribution in [-0.2, 0) is 9.47 Å². The molecule has 1 N–H and O–H groups in total. The molecule has 0 saturated carbocycles. The van der Waals surface area contributed by atoms with Gasteiger partial charge in [0.2, 0.25) is 0 Å². The number of likely N-dealkylation sites (tertiary alicyclic amines) is 1. The van der Waals surface area contributed by atoms with Crippen molar-refractivity contribution in [1.82, 2.24) is 4.90 Å². The number of carbonyl (C=O) groups excluding carboxylic acids is 1. The van der Waals surface area contributed by atoms with Gasteiger partial charge in [0, 0.05) is 25.8 Å². The van der Waals surface area contributed by atoms with Crippen LogP contribution in [0.3, 0.4) is 0 Å². The molecule has 2 aliphatic rings. The molecule has 1 spiro atoms. The number of phenolic OH excluding ortho intramolecular Hbond substituents is 1. The van der Waals surface area contributed by atoms with Gasteiger partial charge in [0.25, 0.3) is 5.91 Å². The number of methoxy groups -OCH3 is 1. The molecule has 1 aromatic rings. The summed E-state index contributed by atoms with van der Waals surface area (Å²) in [5.74, 6) is 0.721. The van der Waals surface area contributed by atoms with Crippen molar-refractivity contribution >= 4 is 5.91 Å². The number of amides is 1. The number of benzene rings is 1. The summed E-state index contributed by atoms with van der Waals surface area (Å²) in [7, 11) is 1.72. The van der Waals surface area contributed by atoms with Gasteiger partial charge in [0.15, 0.2) is 0 Å². The minimum absolute atomic E-state index is 0.0146. The fourth-order valence-corrected chi connectivity index (χ4v) is 3.50. The number of carbonyl (C=O) groups is 1. The second-order valence-electron chi connectivity index (χ2n) is 6.37. The highest BCUT2D eigenvalue weighted by Crippen LogP contribution is 2.39. The third-order valence-electron chi connectivity index (χ3n) is 4.73. The first-order valence-electron chi connectivity index (χ1n) is 7.83. The van der Waals surface area contributed by atoms with Crippen LogP contribution in [0, 0.1) is 5.92 Å². The van der Waals surface area contributed by atoms with Gasteiger partial charge >= 0.3 is 0 Å². The highest BCUT2D eigenvalue weighted by atomic mass is 16.5. The molecule has 1 aromatic carbocycles. The Bertz CT molecular complexity index is 530. The second-order valence-corrected chi connectivity index (χ2v) is 6.37. The molecular weight excluding hydrogens is 282 g/mol. The first-order chi connectivity index (χ1) is 10.6. The van der Waals surface area contributed by atoms with E-state index in [1.54, 1.807) is 31.4 Å². The van der Waals surface area contributed by atoms with E-state index in [2.05, 4.69) is 0 Å². The van der Waals surface area contributed by atoms with E-state index >= 15 is 0 Å². The lowest BCUT2D eigenvalue weighted by molar-refractivity contribution is 0.0113. The molecule has 2 saturated heterocycles. The van der Waals surface area contributed by atoms with Crippen LogP contribution in [0.15, 0.2) is 24.3 Å². The number of hydrogen-bond donors (Lipinski definition) is 1. The molecule has 2 heterocycles. The number of ether oxygens (including phenoxy) is 2. The summed E-state index contributed by atoms with van der Waals surface area (Å²) in [5.41, 5.74) is 0.453. The van der Waals surface area contributed by atoms with Crippen molar-refractivity contribution < 1.29 is 19.4 Å². The van der Waals surface area contributed by atoms with Gasteiger partial charge < -0.3 is 19.5 Å². The molecule has 5 heteroatoms. The Labute approximate surface area is 130 Å². The topological polar surface area (TPSA) is 59.0 Å². The van der Waals surface area contributed by atoms with Crippen molar-refractivity contribution in [2.75, 3.05) is 33.4 Å².